The van der Waals surface area contributed by atoms with Crippen molar-refractivity contribution in [1.82, 2.24) is 10.6 Å². The number of rotatable bonds is 4. The molecule has 2 rings (SSSR count). The third kappa shape index (κ3) is 3.45. The van der Waals surface area contributed by atoms with Crippen molar-refractivity contribution in [2.75, 3.05) is 13.2 Å². The molecule has 108 valence electrons. The summed E-state index contributed by atoms with van der Waals surface area (Å²) in [6.07, 6.45) is 0. The van der Waals surface area contributed by atoms with Gasteiger partial charge in [-0.1, -0.05) is 18.2 Å². The minimum Gasteiger partial charge on any atom is -0.481 e. The van der Waals surface area contributed by atoms with E-state index in [1.807, 2.05) is 0 Å². The van der Waals surface area contributed by atoms with Gasteiger partial charge in [0.1, 0.15) is 11.7 Å². The Balaban J connectivity index is 1.84. The Kier molecular flexibility index (Phi) is 4.52. The number of carboxylic acids is 1. The van der Waals surface area contributed by atoms with E-state index in [1.54, 1.807) is 18.2 Å². The van der Waals surface area contributed by atoms with Crippen molar-refractivity contribution in [3.05, 3.63) is 35.6 Å². The second-order valence-corrected chi connectivity index (χ2v) is 4.51. The molecule has 0 saturated carbocycles. The summed E-state index contributed by atoms with van der Waals surface area (Å²) >= 11 is 0. The number of halogens is 1. The van der Waals surface area contributed by atoms with Gasteiger partial charge in [-0.3, -0.25) is 4.79 Å². The van der Waals surface area contributed by atoms with E-state index in [0.29, 0.717) is 5.56 Å². The molecule has 0 spiro atoms. The number of carbonyl (C=O) groups is 2. The average molecular weight is 282 g/mol. The van der Waals surface area contributed by atoms with Crippen LogP contribution in [0.15, 0.2) is 24.3 Å². The minimum atomic E-state index is -1.01. The van der Waals surface area contributed by atoms with Crippen LogP contribution in [0, 0.1) is 11.7 Å². The van der Waals surface area contributed by atoms with E-state index in [-0.39, 0.29) is 19.8 Å². The zero-order chi connectivity index (χ0) is 14.5. The molecule has 1 aromatic rings. The molecule has 20 heavy (non-hydrogen) atoms. The number of carboxylic acid groups (broad SMARTS) is 1. The van der Waals surface area contributed by atoms with E-state index in [1.165, 1.54) is 6.07 Å². The van der Waals surface area contributed by atoms with Crippen LogP contribution in [0.2, 0.25) is 0 Å². The molecule has 3 N–H and O–H groups in total. The summed E-state index contributed by atoms with van der Waals surface area (Å²) in [7, 11) is 0. The molecule has 7 heteroatoms. The van der Waals surface area contributed by atoms with Gasteiger partial charge in [0.15, 0.2) is 0 Å². The molecule has 1 aromatic carbocycles. The van der Waals surface area contributed by atoms with Gasteiger partial charge in [0.2, 0.25) is 0 Å². The highest BCUT2D eigenvalue weighted by molar-refractivity contribution is 5.77. The molecule has 6 nitrogen and oxygen atoms in total. The lowest BCUT2D eigenvalue weighted by Crippen LogP contribution is -2.47. The standard InChI is InChI=1S/C13H15FN2O4/c14-10-4-2-1-3-8(10)5-15-13(19)16-11-7-20-6-9(11)12(17)18/h1-4,9,11H,5-7H2,(H,17,18)(H2,15,16,19). The maximum Gasteiger partial charge on any atom is 0.315 e. The molecule has 0 bridgehead atoms. The normalized spacial score (nSPS) is 21.4. The quantitative estimate of drug-likeness (QED) is 0.759. The number of aliphatic carboxylic acids is 1. The van der Waals surface area contributed by atoms with Crippen molar-refractivity contribution < 1.29 is 23.8 Å². The molecule has 2 amide bonds. The Labute approximate surface area is 114 Å². The Morgan fingerprint density at radius 2 is 2.10 bits per heavy atom. The fourth-order valence-electron chi connectivity index (χ4n) is 1.98. The number of carbonyl (C=O) groups excluding carboxylic acids is 1. The Morgan fingerprint density at radius 3 is 2.80 bits per heavy atom. The van der Waals surface area contributed by atoms with Crippen LogP contribution in [-0.2, 0) is 16.1 Å². The van der Waals surface area contributed by atoms with Gasteiger partial charge >= 0.3 is 12.0 Å². The lowest BCUT2D eigenvalue weighted by Gasteiger charge is -2.16. The first-order valence-corrected chi connectivity index (χ1v) is 6.16. The van der Waals surface area contributed by atoms with Crippen molar-refractivity contribution in [3.8, 4) is 0 Å². The van der Waals surface area contributed by atoms with E-state index in [2.05, 4.69) is 10.6 Å². The van der Waals surface area contributed by atoms with Gasteiger partial charge in [-0.15, -0.1) is 0 Å². The number of nitrogens with one attached hydrogen (secondary N) is 2. The van der Waals surface area contributed by atoms with E-state index in [0.717, 1.165) is 0 Å². The molecule has 0 aliphatic carbocycles. The summed E-state index contributed by atoms with van der Waals surface area (Å²) in [4.78, 5) is 22.6. The van der Waals surface area contributed by atoms with Gasteiger partial charge in [-0.25, -0.2) is 9.18 Å². The average Bonchev–Trinajstić information content (AvgIpc) is 2.86. The highest BCUT2D eigenvalue weighted by atomic mass is 19.1. The largest absolute Gasteiger partial charge is 0.481 e. The molecule has 1 saturated heterocycles. The van der Waals surface area contributed by atoms with Crippen LogP contribution in [0.4, 0.5) is 9.18 Å². The summed E-state index contributed by atoms with van der Waals surface area (Å²) in [5, 5.41) is 13.9. The lowest BCUT2D eigenvalue weighted by atomic mass is 10.0. The third-order valence-corrected chi connectivity index (χ3v) is 3.11. The monoisotopic (exact) mass is 282 g/mol. The molecule has 1 aliphatic rings. The van der Waals surface area contributed by atoms with Crippen LogP contribution in [0.1, 0.15) is 5.56 Å². The summed E-state index contributed by atoms with van der Waals surface area (Å²) < 4.78 is 18.4. The highest BCUT2D eigenvalue weighted by Crippen LogP contribution is 2.13. The predicted molar refractivity (Wildman–Crippen MR) is 67.5 cm³/mol. The van der Waals surface area contributed by atoms with Crippen LogP contribution in [0.5, 0.6) is 0 Å². The number of hydrogen-bond acceptors (Lipinski definition) is 3. The third-order valence-electron chi connectivity index (χ3n) is 3.11. The second-order valence-electron chi connectivity index (χ2n) is 4.51. The van der Waals surface area contributed by atoms with Gasteiger partial charge < -0.3 is 20.5 Å². The van der Waals surface area contributed by atoms with E-state index < -0.39 is 29.8 Å². The topological polar surface area (TPSA) is 87.7 Å². The van der Waals surface area contributed by atoms with E-state index >= 15 is 0 Å². The van der Waals surface area contributed by atoms with Gasteiger partial charge in [0.25, 0.3) is 0 Å². The van der Waals surface area contributed by atoms with Crippen molar-refractivity contribution in [2.24, 2.45) is 5.92 Å². The first-order valence-electron chi connectivity index (χ1n) is 6.16. The summed E-state index contributed by atoms with van der Waals surface area (Å²) in [5.41, 5.74) is 0.361. The van der Waals surface area contributed by atoms with E-state index in [4.69, 9.17) is 9.84 Å². The summed E-state index contributed by atoms with van der Waals surface area (Å²) in [6, 6.07) is 4.98. The molecule has 0 radical (unpaired) electrons. The summed E-state index contributed by atoms with van der Waals surface area (Å²) in [5.74, 6) is -2.17. The SMILES string of the molecule is O=C(NCc1ccccc1F)NC1COCC1C(=O)O. The Hall–Kier alpha value is -2.15. The van der Waals surface area contributed by atoms with Crippen LogP contribution < -0.4 is 10.6 Å². The fraction of sp³-hybridized carbons (Fsp3) is 0.385. The van der Waals surface area contributed by atoms with Gasteiger partial charge in [0.05, 0.1) is 19.3 Å². The second kappa shape index (κ2) is 6.33. The number of benzene rings is 1. The maximum atomic E-state index is 13.3. The molecule has 0 aromatic heterocycles. The number of hydrogen-bond donors (Lipinski definition) is 3. The number of amides is 2. The predicted octanol–water partition coefficient (Wildman–Crippen LogP) is 0.724. The fourth-order valence-corrected chi connectivity index (χ4v) is 1.98. The van der Waals surface area contributed by atoms with Crippen LogP contribution in [-0.4, -0.2) is 36.4 Å². The van der Waals surface area contributed by atoms with Crippen LogP contribution in [0.25, 0.3) is 0 Å². The van der Waals surface area contributed by atoms with Crippen molar-refractivity contribution in [3.63, 3.8) is 0 Å². The summed E-state index contributed by atoms with van der Waals surface area (Å²) in [6.45, 7) is 0.265. The van der Waals surface area contributed by atoms with Crippen molar-refractivity contribution in [2.45, 2.75) is 12.6 Å². The molecular formula is C13H15FN2O4. The lowest BCUT2D eigenvalue weighted by molar-refractivity contribution is -0.142. The first kappa shape index (κ1) is 14.3. The molecule has 2 atom stereocenters. The van der Waals surface area contributed by atoms with Crippen molar-refractivity contribution in [1.29, 1.82) is 0 Å². The number of urea groups is 1. The van der Waals surface area contributed by atoms with Gasteiger partial charge in [0, 0.05) is 12.1 Å². The molecule has 2 unspecified atom stereocenters. The molecule has 1 fully saturated rings. The molecule has 1 heterocycles. The van der Waals surface area contributed by atoms with E-state index in [9.17, 15) is 14.0 Å². The van der Waals surface area contributed by atoms with Crippen LogP contribution >= 0.6 is 0 Å². The maximum absolute atomic E-state index is 13.3. The number of ether oxygens (including phenoxy) is 1. The van der Waals surface area contributed by atoms with Gasteiger partial charge in [-0.2, -0.15) is 0 Å². The Morgan fingerprint density at radius 1 is 1.35 bits per heavy atom. The zero-order valence-corrected chi connectivity index (χ0v) is 10.6. The smallest absolute Gasteiger partial charge is 0.315 e. The van der Waals surface area contributed by atoms with Crippen LogP contribution in [0.3, 0.4) is 0 Å². The highest BCUT2D eigenvalue weighted by Gasteiger charge is 2.34. The minimum absolute atomic E-state index is 0.0316. The Bertz CT molecular complexity index is 509. The zero-order valence-electron chi connectivity index (χ0n) is 10.6. The first-order chi connectivity index (χ1) is 9.58. The molecular weight excluding hydrogens is 267 g/mol. The van der Waals surface area contributed by atoms with Crippen molar-refractivity contribution >= 4 is 12.0 Å². The molecule has 1 aliphatic heterocycles. The van der Waals surface area contributed by atoms with Gasteiger partial charge in [-0.05, 0) is 6.07 Å².